The largest absolute Gasteiger partial charge is 0.458 e. The molecule has 0 saturated heterocycles. The number of halogens is 3. The maximum absolute atomic E-state index is 12.8. The Kier molecular flexibility index (Phi) is 5.18. The predicted molar refractivity (Wildman–Crippen MR) is 91.7 cm³/mol. The van der Waals surface area contributed by atoms with E-state index in [1.807, 2.05) is 30.3 Å². The fourth-order valence-corrected chi connectivity index (χ4v) is 2.63. The van der Waals surface area contributed by atoms with Crippen molar-refractivity contribution in [3.63, 3.8) is 0 Å². The molecule has 142 valence electrons. The van der Waals surface area contributed by atoms with Crippen molar-refractivity contribution in [2.75, 3.05) is 0 Å². The summed E-state index contributed by atoms with van der Waals surface area (Å²) in [7, 11) is 0. The number of amides is 1. The molecule has 1 aliphatic heterocycles. The lowest BCUT2D eigenvalue weighted by molar-refractivity contribution is -0.355. The second-order valence-corrected chi connectivity index (χ2v) is 6.23. The van der Waals surface area contributed by atoms with Gasteiger partial charge in [0.1, 0.15) is 0 Å². The normalized spacial score (nSPS) is 19.3. The molecule has 0 saturated carbocycles. The lowest BCUT2D eigenvalue weighted by Gasteiger charge is -2.22. The minimum absolute atomic E-state index is 0.00714. The Morgan fingerprint density at radius 1 is 1.15 bits per heavy atom. The molecular formula is C19H17F3N2O3. The third-order valence-corrected chi connectivity index (χ3v) is 4.11. The number of hydrogen-bond acceptors (Lipinski definition) is 4. The Balaban J connectivity index is 1.61. The van der Waals surface area contributed by atoms with E-state index in [0.717, 1.165) is 5.56 Å². The quantitative estimate of drug-likeness (QED) is 0.841. The van der Waals surface area contributed by atoms with Gasteiger partial charge in [-0.2, -0.15) is 13.2 Å². The number of oxime groups is 1. The van der Waals surface area contributed by atoms with E-state index < -0.39 is 18.4 Å². The second-order valence-electron chi connectivity index (χ2n) is 6.23. The topological polar surface area (TPSA) is 70.9 Å². The van der Waals surface area contributed by atoms with E-state index in [1.165, 1.54) is 0 Å². The first-order valence-corrected chi connectivity index (χ1v) is 8.21. The highest BCUT2D eigenvalue weighted by atomic mass is 19.4. The van der Waals surface area contributed by atoms with E-state index in [0.29, 0.717) is 11.1 Å². The highest BCUT2D eigenvalue weighted by Gasteiger charge is 2.60. The van der Waals surface area contributed by atoms with Gasteiger partial charge in [-0.1, -0.05) is 53.7 Å². The van der Waals surface area contributed by atoms with Crippen LogP contribution in [0, 0.1) is 0 Å². The van der Waals surface area contributed by atoms with Crippen molar-refractivity contribution >= 4 is 11.6 Å². The van der Waals surface area contributed by atoms with Gasteiger partial charge in [-0.15, -0.1) is 0 Å². The van der Waals surface area contributed by atoms with Gasteiger partial charge >= 0.3 is 12.0 Å². The van der Waals surface area contributed by atoms with Crippen LogP contribution in [0.2, 0.25) is 0 Å². The van der Waals surface area contributed by atoms with Crippen LogP contribution in [0.4, 0.5) is 13.2 Å². The number of benzene rings is 2. The summed E-state index contributed by atoms with van der Waals surface area (Å²) in [6, 6.07) is 15.8. The highest BCUT2D eigenvalue weighted by Crippen LogP contribution is 2.38. The first-order chi connectivity index (χ1) is 12.8. The molecule has 27 heavy (non-hydrogen) atoms. The molecule has 1 aliphatic rings. The molecule has 3 rings (SSSR count). The molecule has 1 heterocycles. The van der Waals surface area contributed by atoms with Gasteiger partial charge in [0.2, 0.25) is 5.91 Å². The fraction of sp³-hybridized carbons (Fsp3) is 0.263. The average molecular weight is 378 g/mol. The van der Waals surface area contributed by atoms with Gasteiger partial charge in [0.05, 0.1) is 18.6 Å². The summed E-state index contributed by atoms with van der Waals surface area (Å²) in [6.45, 7) is 0.219. The smallest absolute Gasteiger partial charge is 0.352 e. The Morgan fingerprint density at radius 2 is 1.85 bits per heavy atom. The van der Waals surface area contributed by atoms with Crippen LogP contribution in [0.5, 0.6) is 0 Å². The van der Waals surface area contributed by atoms with E-state index in [4.69, 9.17) is 0 Å². The van der Waals surface area contributed by atoms with Crippen molar-refractivity contribution in [1.82, 2.24) is 5.32 Å². The lowest BCUT2D eigenvalue weighted by atomic mass is 10.0. The van der Waals surface area contributed by atoms with Crippen LogP contribution in [-0.2, 0) is 22.6 Å². The zero-order valence-corrected chi connectivity index (χ0v) is 14.2. The van der Waals surface area contributed by atoms with Gasteiger partial charge in [0.25, 0.3) is 0 Å². The van der Waals surface area contributed by atoms with E-state index >= 15 is 0 Å². The molecule has 1 unspecified atom stereocenters. The summed E-state index contributed by atoms with van der Waals surface area (Å²) in [6.07, 6.45) is -5.50. The van der Waals surface area contributed by atoms with Crippen LogP contribution in [0.1, 0.15) is 23.1 Å². The maximum Gasteiger partial charge on any atom is 0.458 e. The van der Waals surface area contributed by atoms with Gasteiger partial charge < -0.3 is 15.3 Å². The number of aliphatic hydroxyl groups is 1. The fourth-order valence-electron chi connectivity index (χ4n) is 2.63. The molecule has 8 heteroatoms. The zero-order valence-electron chi connectivity index (χ0n) is 14.2. The summed E-state index contributed by atoms with van der Waals surface area (Å²) in [5.41, 5.74) is 1.96. The number of alkyl halides is 3. The van der Waals surface area contributed by atoms with Crippen molar-refractivity contribution in [2.45, 2.75) is 31.3 Å². The molecule has 5 nitrogen and oxygen atoms in total. The minimum atomic E-state index is -4.94. The number of carbonyl (C=O) groups excluding carboxylic acids is 1. The van der Waals surface area contributed by atoms with Crippen LogP contribution in [0.3, 0.4) is 0 Å². The SMILES string of the molecule is O=C(Cc1ccccc1)NCc1cccc(C2=NOC(O)(C(F)(F)F)C2)c1. The van der Waals surface area contributed by atoms with Crippen molar-refractivity contribution in [3.05, 3.63) is 71.3 Å². The molecule has 1 atom stereocenters. The Morgan fingerprint density at radius 3 is 2.52 bits per heavy atom. The average Bonchev–Trinajstić information content (AvgIpc) is 3.05. The lowest BCUT2D eigenvalue weighted by Crippen LogP contribution is -2.45. The maximum atomic E-state index is 12.8. The molecule has 0 aromatic heterocycles. The van der Waals surface area contributed by atoms with Gasteiger partial charge in [-0.3, -0.25) is 4.79 Å². The Hall–Kier alpha value is -2.87. The van der Waals surface area contributed by atoms with Crippen LogP contribution in [0.25, 0.3) is 0 Å². The van der Waals surface area contributed by atoms with Crippen LogP contribution in [-0.4, -0.2) is 28.7 Å². The number of hydrogen-bond donors (Lipinski definition) is 2. The van der Waals surface area contributed by atoms with Crippen molar-refractivity contribution in [1.29, 1.82) is 0 Å². The van der Waals surface area contributed by atoms with Gasteiger partial charge in [-0.05, 0) is 22.8 Å². The van der Waals surface area contributed by atoms with E-state index in [9.17, 15) is 23.1 Å². The monoisotopic (exact) mass is 378 g/mol. The van der Waals surface area contributed by atoms with Crippen molar-refractivity contribution < 1.29 is 27.9 Å². The summed E-state index contributed by atoms with van der Waals surface area (Å²) < 4.78 is 38.4. The second kappa shape index (κ2) is 7.40. The zero-order chi connectivity index (χ0) is 19.5. The molecule has 0 bridgehead atoms. The van der Waals surface area contributed by atoms with Gasteiger partial charge in [0, 0.05) is 6.54 Å². The molecule has 0 fully saturated rings. The Labute approximate surface area is 153 Å². The van der Waals surface area contributed by atoms with Gasteiger partial charge in [0.15, 0.2) is 0 Å². The summed E-state index contributed by atoms with van der Waals surface area (Å²) in [5.74, 6) is -3.47. The predicted octanol–water partition coefficient (Wildman–Crippen LogP) is 2.92. The summed E-state index contributed by atoms with van der Waals surface area (Å²) in [4.78, 5) is 16.2. The Bertz CT molecular complexity index is 853. The molecule has 0 radical (unpaired) electrons. The van der Waals surface area contributed by atoms with Crippen molar-refractivity contribution in [3.8, 4) is 0 Å². The molecule has 2 aromatic carbocycles. The standard InChI is InChI=1S/C19H17F3N2O3/c20-19(21,22)18(26)11-16(24-27-18)15-8-4-7-14(9-15)12-23-17(25)10-13-5-2-1-3-6-13/h1-9,26H,10-12H2,(H,23,25). The summed E-state index contributed by atoms with van der Waals surface area (Å²) in [5, 5.41) is 15.7. The minimum Gasteiger partial charge on any atom is -0.352 e. The van der Waals surface area contributed by atoms with E-state index in [2.05, 4.69) is 15.3 Å². The molecule has 2 aromatic rings. The van der Waals surface area contributed by atoms with E-state index in [1.54, 1.807) is 24.3 Å². The first kappa shape index (κ1) is 18.9. The van der Waals surface area contributed by atoms with Crippen LogP contribution < -0.4 is 5.32 Å². The number of carbonyl (C=O) groups is 1. The first-order valence-electron chi connectivity index (χ1n) is 8.21. The molecule has 0 spiro atoms. The molecule has 0 aliphatic carbocycles. The molecular weight excluding hydrogens is 361 g/mol. The van der Waals surface area contributed by atoms with E-state index in [-0.39, 0.29) is 24.6 Å². The van der Waals surface area contributed by atoms with Crippen LogP contribution in [0.15, 0.2) is 59.8 Å². The number of nitrogens with one attached hydrogen (secondary N) is 1. The molecule has 1 amide bonds. The summed E-state index contributed by atoms with van der Waals surface area (Å²) >= 11 is 0. The third kappa shape index (κ3) is 4.46. The number of rotatable bonds is 5. The van der Waals surface area contributed by atoms with Crippen molar-refractivity contribution in [2.24, 2.45) is 5.16 Å². The van der Waals surface area contributed by atoms with Gasteiger partial charge in [-0.25, -0.2) is 0 Å². The third-order valence-electron chi connectivity index (χ3n) is 4.11. The number of nitrogens with zero attached hydrogens (tertiary/aromatic N) is 1. The van der Waals surface area contributed by atoms with Crippen LogP contribution >= 0.6 is 0 Å². The highest BCUT2D eigenvalue weighted by molar-refractivity contribution is 6.01. The molecule has 2 N–H and O–H groups in total.